The minimum Gasteiger partial charge on any atom is -0.0873 e. The third-order valence-corrected chi connectivity index (χ3v) is 7.79. The number of benzene rings is 3. The molecular weight excluding hydrogens is 312 g/mol. The zero-order valence-corrected chi connectivity index (χ0v) is 14.6. The van der Waals surface area contributed by atoms with Gasteiger partial charge in [0.1, 0.15) is 0 Å². The molecular formula is C26H20. The maximum atomic E-state index is 2.54. The number of fused-ring (bicyclic) bond motifs is 9. The molecule has 0 saturated carbocycles. The van der Waals surface area contributed by atoms with Gasteiger partial charge in [-0.25, -0.2) is 0 Å². The highest BCUT2D eigenvalue weighted by Gasteiger charge is 2.69. The molecule has 4 aliphatic carbocycles. The molecule has 0 nitrogen and oxygen atoms in total. The van der Waals surface area contributed by atoms with Crippen LogP contribution in [-0.4, -0.2) is 0 Å². The first-order chi connectivity index (χ1) is 12.9. The lowest BCUT2D eigenvalue weighted by atomic mass is 9.58. The molecule has 26 heavy (non-hydrogen) atoms. The summed E-state index contributed by atoms with van der Waals surface area (Å²) in [6.07, 6.45) is 6.18. The van der Waals surface area contributed by atoms with Crippen molar-refractivity contribution in [2.75, 3.05) is 0 Å². The third-order valence-electron chi connectivity index (χ3n) is 7.79. The summed E-state index contributed by atoms with van der Waals surface area (Å²) in [6.45, 7) is 0. The largest absolute Gasteiger partial charge is 0.0873 e. The lowest BCUT2D eigenvalue weighted by molar-refractivity contribution is 0.189. The van der Waals surface area contributed by atoms with Crippen molar-refractivity contribution in [3.8, 4) is 0 Å². The molecule has 4 aliphatic rings. The van der Waals surface area contributed by atoms with Crippen LogP contribution in [0.15, 0.2) is 84.9 Å². The average Bonchev–Trinajstić information content (AvgIpc) is 3.26. The Labute approximate surface area is 154 Å². The van der Waals surface area contributed by atoms with E-state index in [0.29, 0.717) is 23.7 Å². The fraction of sp³-hybridized carbons (Fsp3) is 0.231. The molecule has 0 fully saturated rings. The Balaban J connectivity index is 1.66. The van der Waals surface area contributed by atoms with E-state index in [0.717, 1.165) is 0 Å². The summed E-state index contributed by atoms with van der Waals surface area (Å²) in [6, 6.07) is 27.9. The number of rotatable bonds is 0. The van der Waals surface area contributed by atoms with E-state index in [9.17, 15) is 0 Å². The maximum Gasteiger partial charge on any atom is 0.0176 e. The van der Waals surface area contributed by atoms with Crippen LogP contribution in [0.5, 0.6) is 0 Å². The van der Waals surface area contributed by atoms with E-state index in [1.807, 2.05) is 0 Å². The van der Waals surface area contributed by atoms with E-state index in [1.165, 1.54) is 6.42 Å². The van der Waals surface area contributed by atoms with Crippen LogP contribution < -0.4 is 0 Å². The van der Waals surface area contributed by atoms with Gasteiger partial charge in [0.2, 0.25) is 0 Å². The first kappa shape index (κ1) is 13.6. The first-order valence-corrected chi connectivity index (χ1v) is 9.85. The van der Waals surface area contributed by atoms with Crippen molar-refractivity contribution in [3.05, 3.63) is 118 Å². The summed E-state index contributed by atoms with van der Waals surface area (Å²) in [5.41, 5.74) is 9.80. The second-order valence-electron chi connectivity index (χ2n) is 8.45. The van der Waals surface area contributed by atoms with Gasteiger partial charge in [-0.1, -0.05) is 84.9 Å². The number of hydrogen-bond donors (Lipinski definition) is 0. The van der Waals surface area contributed by atoms with Gasteiger partial charge in [0.05, 0.1) is 0 Å². The topological polar surface area (TPSA) is 0 Å². The molecule has 0 radical (unpaired) electrons. The summed E-state index contributed by atoms with van der Waals surface area (Å²) in [4.78, 5) is 0. The predicted octanol–water partition coefficient (Wildman–Crippen LogP) is 6.10. The quantitative estimate of drug-likeness (QED) is 0.436. The number of hydrogen-bond acceptors (Lipinski definition) is 0. The third kappa shape index (κ3) is 1.25. The molecule has 0 amide bonds. The minimum atomic E-state index is 0.270. The second-order valence-corrected chi connectivity index (χ2v) is 8.45. The molecule has 0 bridgehead atoms. The molecule has 1 unspecified atom stereocenters. The van der Waals surface area contributed by atoms with Gasteiger partial charge in [-0.05, 0) is 45.7 Å². The smallest absolute Gasteiger partial charge is 0.0176 e. The Morgan fingerprint density at radius 3 is 1.65 bits per heavy atom. The standard InChI is InChI=1S/C26H20/c1-3-10-18-16(8-1)22-14-7-15-23-17-9-2-4-11-19(17)25-21-13-6-5-12-20(21)24(18)26(22,23)25/h1-14,22-25H,15H2/t22-,23-,24+,25+,26?/m0/s1. The van der Waals surface area contributed by atoms with Gasteiger partial charge in [0.25, 0.3) is 0 Å². The lowest BCUT2D eigenvalue weighted by Crippen LogP contribution is -2.35. The Hall–Kier alpha value is -2.60. The van der Waals surface area contributed by atoms with Crippen LogP contribution in [0, 0.1) is 5.41 Å². The van der Waals surface area contributed by atoms with Crippen molar-refractivity contribution < 1.29 is 0 Å². The van der Waals surface area contributed by atoms with Crippen LogP contribution in [0.2, 0.25) is 0 Å². The molecule has 1 spiro atoms. The lowest BCUT2D eigenvalue weighted by Gasteiger charge is -2.44. The van der Waals surface area contributed by atoms with Crippen molar-refractivity contribution in [3.63, 3.8) is 0 Å². The van der Waals surface area contributed by atoms with Crippen LogP contribution >= 0.6 is 0 Å². The van der Waals surface area contributed by atoms with E-state index in [4.69, 9.17) is 0 Å². The highest BCUT2D eigenvalue weighted by molar-refractivity contribution is 5.67. The molecule has 0 heteroatoms. The summed E-state index contributed by atoms with van der Waals surface area (Å²) in [5, 5.41) is 0. The molecule has 7 rings (SSSR count). The Bertz CT molecular complexity index is 1080. The molecule has 0 heterocycles. The van der Waals surface area contributed by atoms with E-state index < -0.39 is 0 Å². The van der Waals surface area contributed by atoms with Gasteiger partial charge in [-0.2, -0.15) is 0 Å². The van der Waals surface area contributed by atoms with Gasteiger partial charge in [0.15, 0.2) is 0 Å². The van der Waals surface area contributed by atoms with E-state index in [1.54, 1.807) is 33.4 Å². The zero-order chi connectivity index (χ0) is 16.9. The molecule has 5 atom stereocenters. The highest BCUT2D eigenvalue weighted by Crippen LogP contribution is 2.79. The first-order valence-electron chi connectivity index (χ1n) is 9.85. The number of allylic oxidation sites excluding steroid dienone is 2. The van der Waals surface area contributed by atoms with Gasteiger partial charge >= 0.3 is 0 Å². The minimum absolute atomic E-state index is 0.270. The maximum absolute atomic E-state index is 2.54. The van der Waals surface area contributed by atoms with E-state index in [-0.39, 0.29) is 5.41 Å². The predicted molar refractivity (Wildman–Crippen MR) is 105 cm³/mol. The summed E-state index contributed by atoms with van der Waals surface area (Å²) >= 11 is 0. The fourth-order valence-electron chi connectivity index (χ4n) is 7.23. The fourth-order valence-corrected chi connectivity index (χ4v) is 7.23. The van der Waals surface area contributed by atoms with Crippen LogP contribution in [0.25, 0.3) is 0 Å². The van der Waals surface area contributed by atoms with Crippen molar-refractivity contribution in [2.24, 2.45) is 5.41 Å². The summed E-state index contributed by atoms with van der Waals surface area (Å²) < 4.78 is 0. The van der Waals surface area contributed by atoms with Crippen molar-refractivity contribution in [1.82, 2.24) is 0 Å². The van der Waals surface area contributed by atoms with Gasteiger partial charge in [0, 0.05) is 23.2 Å². The molecule has 0 saturated heterocycles. The highest BCUT2D eigenvalue weighted by atomic mass is 14.7. The van der Waals surface area contributed by atoms with Crippen LogP contribution in [0.1, 0.15) is 63.5 Å². The zero-order valence-electron chi connectivity index (χ0n) is 14.6. The van der Waals surface area contributed by atoms with E-state index in [2.05, 4.69) is 84.9 Å². The van der Waals surface area contributed by atoms with Gasteiger partial charge in [-0.15, -0.1) is 0 Å². The van der Waals surface area contributed by atoms with Crippen LogP contribution in [-0.2, 0) is 0 Å². The van der Waals surface area contributed by atoms with Crippen molar-refractivity contribution in [1.29, 1.82) is 0 Å². The summed E-state index contributed by atoms with van der Waals surface area (Å²) in [7, 11) is 0. The van der Waals surface area contributed by atoms with Crippen LogP contribution in [0.4, 0.5) is 0 Å². The SMILES string of the molecule is C1=C[C@H]2c3ccccc3[C@@H]3c4ccccc4[C@H]4c5ccccc5[C@H](C1)C342. The monoisotopic (exact) mass is 332 g/mol. The van der Waals surface area contributed by atoms with Crippen molar-refractivity contribution >= 4 is 0 Å². The van der Waals surface area contributed by atoms with Gasteiger partial charge in [-0.3, -0.25) is 0 Å². The van der Waals surface area contributed by atoms with Gasteiger partial charge < -0.3 is 0 Å². The average molecular weight is 332 g/mol. The molecule has 0 aliphatic heterocycles. The molecule has 124 valence electrons. The molecule has 3 aromatic rings. The molecule has 0 N–H and O–H groups in total. The van der Waals surface area contributed by atoms with Crippen LogP contribution in [0.3, 0.4) is 0 Å². The summed E-state index contributed by atoms with van der Waals surface area (Å²) in [5.74, 6) is 2.23. The van der Waals surface area contributed by atoms with Crippen molar-refractivity contribution in [2.45, 2.75) is 30.1 Å². The Morgan fingerprint density at radius 2 is 1.04 bits per heavy atom. The Morgan fingerprint density at radius 1 is 0.577 bits per heavy atom. The normalized spacial score (nSPS) is 34.0. The molecule has 3 aromatic carbocycles. The van der Waals surface area contributed by atoms with E-state index >= 15 is 0 Å². The Kier molecular flexibility index (Phi) is 2.29. The molecule has 0 aromatic heterocycles. The second kappa shape index (κ2) is 4.38.